The number of methoxy groups -OCH3 is 2. The number of hydrogen-bond acceptors (Lipinski definition) is 3. The van der Waals surface area contributed by atoms with E-state index < -0.39 is 0 Å². The van der Waals surface area contributed by atoms with E-state index in [4.69, 9.17) is 9.47 Å². The van der Waals surface area contributed by atoms with Crippen molar-refractivity contribution in [2.75, 3.05) is 27.3 Å². The van der Waals surface area contributed by atoms with Crippen LogP contribution in [0.2, 0.25) is 0 Å². The molecule has 17 heavy (non-hydrogen) atoms. The van der Waals surface area contributed by atoms with Gasteiger partial charge >= 0.3 is 0 Å². The lowest BCUT2D eigenvalue weighted by Crippen LogP contribution is -2.16. The summed E-state index contributed by atoms with van der Waals surface area (Å²) >= 11 is 0. The van der Waals surface area contributed by atoms with Crippen LogP contribution in [0.1, 0.15) is 24.8 Å². The summed E-state index contributed by atoms with van der Waals surface area (Å²) < 4.78 is 10.6. The van der Waals surface area contributed by atoms with Gasteiger partial charge in [0, 0.05) is 0 Å². The second-order valence-corrected chi connectivity index (χ2v) is 4.52. The predicted octanol–water partition coefficient (Wildman–Crippen LogP) is 2.42. The fraction of sp³-hybridized carbons (Fsp3) is 0.571. The van der Waals surface area contributed by atoms with E-state index in [2.05, 4.69) is 24.4 Å². The highest BCUT2D eigenvalue weighted by Gasteiger charge is 2.37. The van der Waals surface area contributed by atoms with Gasteiger partial charge in [0.15, 0.2) is 11.5 Å². The molecule has 1 aliphatic rings. The molecule has 1 aliphatic carbocycles. The van der Waals surface area contributed by atoms with Crippen LogP contribution < -0.4 is 14.8 Å². The van der Waals surface area contributed by atoms with Gasteiger partial charge in [0.1, 0.15) is 0 Å². The second-order valence-electron chi connectivity index (χ2n) is 4.52. The fourth-order valence-electron chi connectivity index (χ4n) is 2.29. The van der Waals surface area contributed by atoms with Gasteiger partial charge in [0.25, 0.3) is 0 Å². The molecule has 1 saturated carbocycles. The highest BCUT2D eigenvalue weighted by molar-refractivity contribution is 5.45. The third-order valence-electron chi connectivity index (χ3n) is 3.41. The predicted molar refractivity (Wildman–Crippen MR) is 68.9 cm³/mol. The Kier molecular flexibility index (Phi) is 3.89. The molecule has 0 spiro atoms. The van der Waals surface area contributed by atoms with Crippen LogP contribution in [0.3, 0.4) is 0 Å². The average molecular weight is 235 g/mol. The number of nitrogens with one attached hydrogen (secondary N) is 1. The minimum atomic E-state index is 0.689. The molecule has 1 N–H and O–H groups in total. The highest BCUT2D eigenvalue weighted by Crippen LogP contribution is 2.48. The fourth-order valence-corrected chi connectivity index (χ4v) is 2.29. The van der Waals surface area contributed by atoms with Gasteiger partial charge in [-0.1, -0.05) is 13.0 Å². The average Bonchev–Trinajstić information content (AvgIpc) is 3.15. The molecule has 3 nitrogen and oxygen atoms in total. The van der Waals surface area contributed by atoms with Crippen molar-refractivity contribution >= 4 is 0 Å². The van der Waals surface area contributed by atoms with Gasteiger partial charge in [0.2, 0.25) is 0 Å². The summed E-state index contributed by atoms with van der Waals surface area (Å²) in [6, 6.07) is 6.25. The first-order chi connectivity index (χ1) is 8.30. The van der Waals surface area contributed by atoms with E-state index in [0.29, 0.717) is 5.92 Å². The van der Waals surface area contributed by atoms with Crippen molar-refractivity contribution in [3.63, 3.8) is 0 Å². The zero-order valence-electron chi connectivity index (χ0n) is 10.8. The van der Waals surface area contributed by atoms with Gasteiger partial charge in [-0.15, -0.1) is 0 Å². The summed E-state index contributed by atoms with van der Waals surface area (Å²) in [4.78, 5) is 0. The van der Waals surface area contributed by atoms with Crippen LogP contribution in [0.4, 0.5) is 0 Å². The topological polar surface area (TPSA) is 30.5 Å². The molecule has 1 fully saturated rings. The Morgan fingerprint density at radius 1 is 1.24 bits per heavy atom. The monoisotopic (exact) mass is 235 g/mol. The third-order valence-corrected chi connectivity index (χ3v) is 3.41. The van der Waals surface area contributed by atoms with E-state index in [0.717, 1.165) is 30.5 Å². The molecule has 1 aromatic rings. The van der Waals surface area contributed by atoms with Gasteiger partial charge in [-0.05, 0) is 49.0 Å². The Morgan fingerprint density at radius 3 is 2.65 bits per heavy atom. The van der Waals surface area contributed by atoms with Crippen molar-refractivity contribution < 1.29 is 9.47 Å². The molecule has 0 aromatic heterocycles. The Hall–Kier alpha value is -1.22. The van der Waals surface area contributed by atoms with E-state index in [1.165, 1.54) is 12.0 Å². The summed E-state index contributed by atoms with van der Waals surface area (Å²) in [5.74, 6) is 3.11. The normalized spacial score (nSPS) is 22.3. The molecule has 0 radical (unpaired) electrons. The Labute approximate surface area is 103 Å². The molecule has 0 bridgehead atoms. The third kappa shape index (κ3) is 2.72. The zero-order chi connectivity index (χ0) is 12.3. The molecular weight excluding hydrogens is 214 g/mol. The van der Waals surface area contributed by atoms with E-state index in [-0.39, 0.29) is 0 Å². The van der Waals surface area contributed by atoms with E-state index in [1.807, 2.05) is 6.07 Å². The molecule has 3 heteroatoms. The molecule has 94 valence electrons. The molecule has 2 unspecified atom stereocenters. The number of benzene rings is 1. The van der Waals surface area contributed by atoms with Crippen molar-refractivity contribution in [2.45, 2.75) is 19.3 Å². The van der Waals surface area contributed by atoms with Crippen molar-refractivity contribution in [3.8, 4) is 11.5 Å². The Balaban J connectivity index is 2.03. The number of hydrogen-bond donors (Lipinski definition) is 1. The highest BCUT2D eigenvalue weighted by atomic mass is 16.5. The van der Waals surface area contributed by atoms with Crippen molar-refractivity contribution in [3.05, 3.63) is 23.8 Å². The summed E-state index contributed by atoms with van der Waals surface area (Å²) in [6.07, 6.45) is 1.28. The van der Waals surface area contributed by atoms with E-state index in [1.54, 1.807) is 14.2 Å². The van der Waals surface area contributed by atoms with Crippen LogP contribution in [0.5, 0.6) is 11.5 Å². The van der Waals surface area contributed by atoms with E-state index >= 15 is 0 Å². The molecule has 0 heterocycles. The van der Waals surface area contributed by atoms with Gasteiger partial charge in [-0.25, -0.2) is 0 Å². The van der Waals surface area contributed by atoms with Crippen molar-refractivity contribution in [1.29, 1.82) is 0 Å². The first kappa shape index (κ1) is 12.2. The molecule has 2 atom stereocenters. The summed E-state index contributed by atoms with van der Waals surface area (Å²) in [6.45, 7) is 4.32. The smallest absolute Gasteiger partial charge is 0.160 e. The van der Waals surface area contributed by atoms with Gasteiger partial charge < -0.3 is 14.8 Å². The zero-order valence-corrected chi connectivity index (χ0v) is 10.8. The Bertz CT molecular complexity index is 378. The van der Waals surface area contributed by atoms with Crippen LogP contribution in [0, 0.1) is 5.92 Å². The van der Waals surface area contributed by atoms with Crippen LogP contribution >= 0.6 is 0 Å². The van der Waals surface area contributed by atoms with Crippen LogP contribution in [0.15, 0.2) is 18.2 Å². The second kappa shape index (κ2) is 5.41. The molecule has 0 aliphatic heterocycles. The molecule has 2 rings (SSSR count). The van der Waals surface area contributed by atoms with Gasteiger partial charge in [-0.2, -0.15) is 0 Å². The van der Waals surface area contributed by atoms with Crippen LogP contribution in [-0.2, 0) is 0 Å². The van der Waals surface area contributed by atoms with Crippen molar-refractivity contribution in [2.24, 2.45) is 5.92 Å². The largest absolute Gasteiger partial charge is 0.493 e. The first-order valence-corrected chi connectivity index (χ1v) is 6.22. The Morgan fingerprint density at radius 2 is 2.00 bits per heavy atom. The maximum atomic E-state index is 5.33. The molecular formula is C14H21NO2. The quantitative estimate of drug-likeness (QED) is 0.821. The molecule has 1 aromatic carbocycles. The lowest BCUT2D eigenvalue weighted by Gasteiger charge is -2.09. The van der Waals surface area contributed by atoms with Gasteiger partial charge in [0.05, 0.1) is 14.2 Å². The summed E-state index contributed by atoms with van der Waals surface area (Å²) in [5.41, 5.74) is 1.37. The van der Waals surface area contributed by atoms with Gasteiger partial charge in [-0.3, -0.25) is 0 Å². The maximum Gasteiger partial charge on any atom is 0.160 e. The molecule has 0 saturated heterocycles. The standard InChI is InChI=1S/C14H21NO2/c1-4-15-9-11-7-12(11)10-5-6-13(16-2)14(8-10)17-3/h5-6,8,11-12,15H,4,7,9H2,1-3H3. The lowest BCUT2D eigenvalue weighted by molar-refractivity contribution is 0.354. The molecule has 0 amide bonds. The number of rotatable bonds is 6. The van der Waals surface area contributed by atoms with Crippen molar-refractivity contribution in [1.82, 2.24) is 5.32 Å². The summed E-state index contributed by atoms with van der Waals surface area (Å²) in [7, 11) is 3.35. The van der Waals surface area contributed by atoms with Crippen LogP contribution in [-0.4, -0.2) is 27.3 Å². The summed E-state index contributed by atoms with van der Waals surface area (Å²) in [5, 5.41) is 3.41. The minimum absolute atomic E-state index is 0.689. The SMILES string of the molecule is CCNCC1CC1c1ccc(OC)c(OC)c1. The first-order valence-electron chi connectivity index (χ1n) is 6.22. The maximum absolute atomic E-state index is 5.33. The van der Waals surface area contributed by atoms with E-state index in [9.17, 15) is 0 Å². The number of ether oxygens (including phenoxy) is 2. The van der Waals surface area contributed by atoms with Crippen LogP contribution in [0.25, 0.3) is 0 Å². The minimum Gasteiger partial charge on any atom is -0.493 e. The lowest BCUT2D eigenvalue weighted by atomic mass is 10.1.